The third-order valence-electron chi connectivity index (χ3n) is 5.23. The highest BCUT2D eigenvalue weighted by Crippen LogP contribution is 2.28. The molecule has 1 N–H and O–H groups in total. The van der Waals surface area contributed by atoms with Gasteiger partial charge < -0.3 is 19.4 Å². The third kappa shape index (κ3) is 4.77. The van der Waals surface area contributed by atoms with Crippen LogP contribution in [0.1, 0.15) is 24.2 Å². The standard InChI is InChI=1S/C20H30N4O2/c1-23(12-8-16-6-7-18(25-2)19(13-16)26-3)17-5-4-11-24(14-17)15-20-21-9-10-22-20/h6-7,9-10,13,17H,4-5,8,11-12,14-15H2,1-3H3,(H,21,22)/t17-/m0/s1. The Hall–Kier alpha value is -2.05. The Kier molecular flexibility index (Phi) is 6.52. The van der Waals surface area contributed by atoms with E-state index in [2.05, 4.69) is 38.9 Å². The van der Waals surface area contributed by atoms with E-state index in [1.54, 1.807) is 14.2 Å². The van der Waals surface area contributed by atoms with Gasteiger partial charge in [-0.15, -0.1) is 0 Å². The fraction of sp³-hybridized carbons (Fsp3) is 0.550. The van der Waals surface area contributed by atoms with Crippen LogP contribution >= 0.6 is 0 Å². The van der Waals surface area contributed by atoms with Gasteiger partial charge in [0.25, 0.3) is 0 Å². The SMILES string of the molecule is COc1ccc(CCN(C)[C@H]2CCCN(Cc3ncc[nH]3)C2)cc1OC. The fourth-order valence-electron chi connectivity index (χ4n) is 3.65. The summed E-state index contributed by atoms with van der Waals surface area (Å²) < 4.78 is 10.7. The normalized spacial score (nSPS) is 18.2. The minimum atomic E-state index is 0.596. The monoisotopic (exact) mass is 358 g/mol. The molecule has 6 nitrogen and oxygen atoms in total. The number of benzene rings is 1. The van der Waals surface area contributed by atoms with Gasteiger partial charge in [-0.3, -0.25) is 4.90 Å². The summed E-state index contributed by atoms with van der Waals surface area (Å²) in [5, 5.41) is 0. The lowest BCUT2D eigenvalue weighted by Gasteiger charge is -2.37. The maximum atomic E-state index is 5.41. The van der Waals surface area contributed by atoms with Crippen molar-refractivity contribution in [1.29, 1.82) is 0 Å². The Bertz CT molecular complexity index is 674. The van der Waals surface area contributed by atoms with E-state index in [-0.39, 0.29) is 0 Å². The van der Waals surface area contributed by atoms with Crippen LogP contribution in [0.2, 0.25) is 0 Å². The maximum Gasteiger partial charge on any atom is 0.160 e. The topological polar surface area (TPSA) is 53.6 Å². The molecule has 6 heteroatoms. The molecule has 0 aliphatic carbocycles. The van der Waals surface area contributed by atoms with Gasteiger partial charge in [0.2, 0.25) is 0 Å². The van der Waals surface area contributed by atoms with Crippen LogP contribution in [-0.2, 0) is 13.0 Å². The number of aromatic amines is 1. The van der Waals surface area contributed by atoms with Crippen LogP contribution in [0.4, 0.5) is 0 Å². The number of nitrogens with one attached hydrogen (secondary N) is 1. The molecule has 1 aliphatic rings. The Morgan fingerprint density at radius 3 is 2.85 bits per heavy atom. The van der Waals surface area contributed by atoms with Crippen LogP contribution < -0.4 is 9.47 Å². The molecule has 1 aromatic heterocycles. The number of H-pyrrole nitrogens is 1. The molecule has 142 valence electrons. The van der Waals surface area contributed by atoms with E-state index in [1.807, 2.05) is 18.5 Å². The number of methoxy groups -OCH3 is 2. The van der Waals surface area contributed by atoms with E-state index in [0.29, 0.717) is 6.04 Å². The number of likely N-dealkylation sites (N-methyl/N-ethyl adjacent to an activating group) is 1. The molecule has 0 bridgehead atoms. The first-order valence-electron chi connectivity index (χ1n) is 9.31. The molecular weight excluding hydrogens is 328 g/mol. The van der Waals surface area contributed by atoms with Crippen molar-refractivity contribution in [2.45, 2.75) is 31.8 Å². The first-order chi connectivity index (χ1) is 12.7. The number of likely N-dealkylation sites (tertiary alicyclic amines) is 1. The largest absolute Gasteiger partial charge is 0.493 e. The van der Waals surface area contributed by atoms with E-state index in [4.69, 9.17) is 9.47 Å². The van der Waals surface area contributed by atoms with Crippen molar-refractivity contribution in [3.05, 3.63) is 42.0 Å². The van der Waals surface area contributed by atoms with Gasteiger partial charge in [0.15, 0.2) is 11.5 Å². The minimum absolute atomic E-state index is 0.596. The molecule has 26 heavy (non-hydrogen) atoms. The lowest BCUT2D eigenvalue weighted by atomic mass is 10.0. The zero-order chi connectivity index (χ0) is 18.4. The number of piperidine rings is 1. The predicted octanol–water partition coefficient (Wildman–Crippen LogP) is 2.57. The summed E-state index contributed by atoms with van der Waals surface area (Å²) in [6.07, 6.45) is 7.23. The first kappa shape index (κ1) is 18.7. The van der Waals surface area contributed by atoms with Gasteiger partial charge in [-0.05, 0) is 50.6 Å². The summed E-state index contributed by atoms with van der Waals surface area (Å²) >= 11 is 0. The van der Waals surface area contributed by atoms with Gasteiger partial charge >= 0.3 is 0 Å². The van der Waals surface area contributed by atoms with Crippen molar-refractivity contribution in [2.75, 3.05) is 40.9 Å². The Morgan fingerprint density at radius 2 is 2.12 bits per heavy atom. The molecular formula is C20H30N4O2. The smallest absolute Gasteiger partial charge is 0.160 e. The van der Waals surface area contributed by atoms with Gasteiger partial charge in [0.1, 0.15) is 5.82 Å². The van der Waals surface area contributed by atoms with Crippen LogP contribution in [0.5, 0.6) is 11.5 Å². The zero-order valence-corrected chi connectivity index (χ0v) is 16.1. The van der Waals surface area contributed by atoms with Gasteiger partial charge in [-0.25, -0.2) is 4.98 Å². The second-order valence-electron chi connectivity index (χ2n) is 6.99. The molecule has 1 fully saturated rings. The van der Waals surface area contributed by atoms with Crippen molar-refractivity contribution in [1.82, 2.24) is 19.8 Å². The number of aromatic nitrogens is 2. The summed E-state index contributed by atoms with van der Waals surface area (Å²) in [5.74, 6) is 2.64. The van der Waals surface area contributed by atoms with E-state index in [9.17, 15) is 0 Å². The fourth-order valence-corrected chi connectivity index (χ4v) is 3.65. The molecule has 0 amide bonds. The number of nitrogens with zero attached hydrogens (tertiary/aromatic N) is 3. The highest BCUT2D eigenvalue weighted by atomic mass is 16.5. The maximum absolute atomic E-state index is 5.41. The Morgan fingerprint density at radius 1 is 1.27 bits per heavy atom. The van der Waals surface area contributed by atoms with Crippen LogP contribution in [-0.4, -0.2) is 66.7 Å². The van der Waals surface area contributed by atoms with E-state index in [0.717, 1.165) is 49.9 Å². The van der Waals surface area contributed by atoms with Gasteiger partial charge in [-0.1, -0.05) is 6.07 Å². The second-order valence-corrected chi connectivity index (χ2v) is 6.99. The van der Waals surface area contributed by atoms with Crippen LogP contribution in [0, 0.1) is 0 Å². The van der Waals surface area contributed by atoms with E-state index >= 15 is 0 Å². The van der Waals surface area contributed by atoms with Gasteiger partial charge in [0.05, 0.1) is 20.8 Å². The molecule has 2 heterocycles. The molecule has 1 aliphatic heterocycles. The number of ether oxygens (including phenoxy) is 2. The van der Waals surface area contributed by atoms with Crippen molar-refractivity contribution >= 4 is 0 Å². The second kappa shape index (κ2) is 9.05. The summed E-state index contributed by atoms with van der Waals surface area (Å²) in [6, 6.07) is 6.79. The molecule has 1 saturated heterocycles. The van der Waals surface area contributed by atoms with Crippen molar-refractivity contribution < 1.29 is 9.47 Å². The lowest BCUT2D eigenvalue weighted by molar-refractivity contribution is 0.110. The summed E-state index contributed by atoms with van der Waals surface area (Å²) in [6.45, 7) is 4.20. The van der Waals surface area contributed by atoms with Crippen molar-refractivity contribution in [2.24, 2.45) is 0 Å². The quantitative estimate of drug-likeness (QED) is 0.786. The van der Waals surface area contributed by atoms with E-state index in [1.165, 1.54) is 18.4 Å². The molecule has 0 radical (unpaired) electrons. The van der Waals surface area contributed by atoms with Crippen LogP contribution in [0.3, 0.4) is 0 Å². The molecule has 2 aromatic rings. The van der Waals surface area contributed by atoms with Gasteiger partial charge in [-0.2, -0.15) is 0 Å². The molecule has 1 aromatic carbocycles. The summed E-state index contributed by atoms with van der Waals surface area (Å²) in [5.41, 5.74) is 1.28. The lowest BCUT2D eigenvalue weighted by Crippen LogP contribution is -2.46. The number of rotatable bonds is 8. The summed E-state index contributed by atoms with van der Waals surface area (Å²) in [7, 11) is 5.59. The minimum Gasteiger partial charge on any atom is -0.493 e. The molecule has 1 atom stereocenters. The Balaban J connectivity index is 1.52. The number of hydrogen-bond donors (Lipinski definition) is 1. The van der Waals surface area contributed by atoms with Gasteiger partial charge in [0, 0.05) is 31.5 Å². The average molecular weight is 358 g/mol. The number of imidazole rings is 1. The van der Waals surface area contributed by atoms with Crippen molar-refractivity contribution in [3.8, 4) is 11.5 Å². The van der Waals surface area contributed by atoms with Crippen LogP contribution in [0.15, 0.2) is 30.6 Å². The predicted molar refractivity (Wildman–Crippen MR) is 103 cm³/mol. The zero-order valence-electron chi connectivity index (χ0n) is 16.1. The molecule has 0 spiro atoms. The number of hydrogen-bond acceptors (Lipinski definition) is 5. The molecule has 0 saturated carbocycles. The molecule has 0 unspecified atom stereocenters. The highest BCUT2D eigenvalue weighted by molar-refractivity contribution is 5.42. The average Bonchev–Trinajstić information content (AvgIpc) is 3.19. The molecule has 3 rings (SSSR count). The van der Waals surface area contributed by atoms with Crippen molar-refractivity contribution in [3.63, 3.8) is 0 Å². The highest BCUT2D eigenvalue weighted by Gasteiger charge is 2.23. The summed E-state index contributed by atoms with van der Waals surface area (Å²) in [4.78, 5) is 12.6. The Labute approximate surface area is 156 Å². The third-order valence-corrected chi connectivity index (χ3v) is 5.23. The van der Waals surface area contributed by atoms with Crippen LogP contribution in [0.25, 0.3) is 0 Å². The first-order valence-corrected chi connectivity index (χ1v) is 9.31. The van der Waals surface area contributed by atoms with E-state index < -0.39 is 0 Å².